The lowest BCUT2D eigenvalue weighted by Gasteiger charge is -2.18. The fourth-order valence-electron chi connectivity index (χ4n) is 2.79. The largest absolute Gasteiger partial charge is 0.584 e. The molecule has 8 nitrogen and oxygen atoms in total. The highest BCUT2D eigenvalue weighted by atomic mass is 31.2. The molecule has 3 rings (SSSR count). The lowest BCUT2D eigenvalue weighted by molar-refractivity contribution is 0.287. The summed E-state index contributed by atoms with van der Waals surface area (Å²) in [5, 5.41) is 0. The van der Waals surface area contributed by atoms with Crippen LogP contribution in [-0.2, 0) is 9.13 Å². The number of benzene rings is 3. The van der Waals surface area contributed by atoms with Crippen molar-refractivity contribution in [3.05, 3.63) is 82.9 Å². The molecule has 3 aromatic rings. The zero-order valence-electron chi connectivity index (χ0n) is 18.0. The lowest BCUT2D eigenvalue weighted by Crippen LogP contribution is -2.03. The molecule has 170 valence electrons. The van der Waals surface area contributed by atoms with Crippen LogP contribution < -0.4 is 18.1 Å². The number of aryl methyl sites for hydroxylation is 2. The van der Waals surface area contributed by atoms with Gasteiger partial charge in [-0.1, -0.05) is 30.3 Å². The van der Waals surface area contributed by atoms with Crippen LogP contribution in [0, 0.1) is 27.7 Å². The quantitative estimate of drug-likeness (QED) is 0.377. The van der Waals surface area contributed by atoms with Crippen molar-refractivity contribution in [3.63, 3.8) is 0 Å². The molecule has 0 amide bonds. The maximum Gasteiger partial charge on any atom is 0.584 e. The Balaban J connectivity index is 1.73. The molecule has 0 saturated carbocycles. The highest BCUT2D eigenvalue weighted by Crippen LogP contribution is 2.48. The topological polar surface area (TPSA) is 112 Å². The Kier molecular flexibility index (Phi) is 7.01. The molecule has 0 aromatic heterocycles. The van der Waals surface area contributed by atoms with Gasteiger partial charge in [0.25, 0.3) is 0 Å². The molecule has 32 heavy (non-hydrogen) atoms. The molecule has 0 fully saturated rings. The zero-order valence-corrected chi connectivity index (χ0v) is 19.8. The average molecular weight is 478 g/mol. The van der Waals surface area contributed by atoms with Crippen LogP contribution in [0.4, 0.5) is 0 Å². The fourth-order valence-corrected chi connectivity index (χ4v) is 4.51. The van der Waals surface area contributed by atoms with Gasteiger partial charge in [0.15, 0.2) is 0 Å². The Labute approximate surface area is 186 Å². The second-order valence-corrected chi connectivity index (χ2v) is 9.78. The summed E-state index contributed by atoms with van der Waals surface area (Å²) < 4.78 is 45.5. The van der Waals surface area contributed by atoms with E-state index in [9.17, 15) is 18.9 Å². The van der Waals surface area contributed by atoms with Gasteiger partial charge in [-0.15, -0.1) is 0 Å². The summed E-state index contributed by atoms with van der Waals surface area (Å²) in [6.45, 7) is 7.21. The lowest BCUT2D eigenvalue weighted by atomic mass is 10.1. The standard InChI is InChI=1S/C22H24O8P2/c1-15-8-5-12-21(17(15)3)29-31(23,24)27-19-10-7-11-20(14-19)28-32(25,26)30-22-13-6-9-16(2)18(22)4/h5-14H,1-4H3,(H,23,24)(H,25,26). The van der Waals surface area contributed by atoms with Crippen molar-refractivity contribution in [3.8, 4) is 23.0 Å². The molecule has 0 radical (unpaired) electrons. The predicted octanol–water partition coefficient (Wildman–Crippen LogP) is 6.04. The Morgan fingerprint density at radius 2 is 0.969 bits per heavy atom. The van der Waals surface area contributed by atoms with Crippen LogP contribution in [-0.4, -0.2) is 9.79 Å². The SMILES string of the molecule is Cc1cccc(OP(=O)(O)Oc2cccc(OP(=O)(O)Oc3cccc(C)c3C)c2)c1C. The van der Waals surface area contributed by atoms with E-state index < -0.39 is 15.6 Å². The Bertz CT molecular complexity index is 1130. The van der Waals surface area contributed by atoms with Crippen LogP contribution in [0.5, 0.6) is 23.0 Å². The first-order chi connectivity index (χ1) is 15.0. The second-order valence-electron chi connectivity index (χ2n) is 7.17. The van der Waals surface area contributed by atoms with Crippen molar-refractivity contribution in [2.75, 3.05) is 0 Å². The highest BCUT2D eigenvalue weighted by Gasteiger charge is 2.29. The third-order valence-electron chi connectivity index (χ3n) is 4.78. The maximum atomic E-state index is 12.5. The van der Waals surface area contributed by atoms with E-state index in [1.807, 2.05) is 26.0 Å². The minimum atomic E-state index is -4.54. The second kappa shape index (κ2) is 9.39. The molecule has 2 unspecified atom stereocenters. The average Bonchev–Trinajstić information content (AvgIpc) is 2.68. The van der Waals surface area contributed by atoms with Gasteiger partial charge in [-0.3, -0.25) is 9.79 Å². The van der Waals surface area contributed by atoms with E-state index >= 15 is 0 Å². The summed E-state index contributed by atoms with van der Waals surface area (Å²) in [4.78, 5) is 20.3. The molecule has 0 aliphatic rings. The molecular weight excluding hydrogens is 454 g/mol. The van der Waals surface area contributed by atoms with E-state index in [1.165, 1.54) is 24.3 Å². The molecule has 0 heterocycles. The molecule has 0 saturated heterocycles. The minimum absolute atomic E-state index is 0.0922. The summed E-state index contributed by atoms with van der Waals surface area (Å²) in [7, 11) is -9.08. The van der Waals surface area contributed by atoms with Crippen LogP contribution in [0.25, 0.3) is 0 Å². The molecular formula is C22H24O8P2. The first-order valence-corrected chi connectivity index (χ1v) is 12.6. The fraction of sp³-hybridized carbons (Fsp3) is 0.182. The molecule has 2 atom stereocenters. The van der Waals surface area contributed by atoms with E-state index in [2.05, 4.69) is 0 Å². The monoisotopic (exact) mass is 478 g/mol. The van der Waals surface area contributed by atoms with E-state index in [4.69, 9.17) is 18.1 Å². The van der Waals surface area contributed by atoms with Crippen molar-refractivity contribution in [2.45, 2.75) is 27.7 Å². The third-order valence-corrected chi connectivity index (χ3v) is 6.52. The number of hydrogen-bond acceptors (Lipinski definition) is 6. The molecule has 3 aromatic carbocycles. The van der Waals surface area contributed by atoms with Gasteiger partial charge in [0, 0.05) is 6.07 Å². The van der Waals surface area contributed by atoms with Gasteiger partial charge in [-0.05, 0) is 74.2 Å². The van der Waals surface area contributed by atoms with Gasteiger partial charge in [-0.25, -0.2) is 9.13 Å². The van der Waals surface area contributed by atoms with Crippen molar-refractivity contribution < 1.29 is 37.0 Å². The Hall–Kier alpha value is -2.76. The number of phosphoric acid groups is 2. The van der Waals surface area contributed by atoms with Gasteiger partial charge >= 0.3 is 15.6 Å². The highest BCUT2D eigenvalue weighted by molar-refractivity contribution is 7.48. The molecule has 10 heteroatoms. The summed E-state index contributed by atoms with van der Waals surface area (Å²) in [6.07, 6.45) is 0. The number of rotatable bonds is 8. The van der Waals surface area contributed by atoms with E-state index in [1.54, 1.807) is 38.1 Å². The van der Waals surface area contributed by atoms with Gasteiger partial charge in [-0.2, -0.15) is 0 Å². The van der Waals surface area contributed by atoms with Crippen molar-refractivity contribution in [1.82, 2.24) is 0 Å². The molecule has 0 aliphatic heterocycles. The van der Waals surface area contributed by atoms with Crippen LogP contribution in [0.15, 0.2) is 60.7 Å². The van der Waals surface area contributed by atoms with Crippen molar-refractivity contribution >= 4 is 15.6 Å². The number of hydrogen-bond donors (Lipinski definition) is 2. The van der Waals surface area contributed by atoms with E-state index in [-0.39, 0.29) is 23.0 Å². The Morgan fingerprint density at radius 3 is 1.38 bits per heavy atom. The first kappa shape index (κ1) is 23.9. The first-order valence-electron chi connectivity index (χ1n) is 9.62. The van der Waals surface area contributed by atoms with Crippen LogP contribution >= 0.6 is 15.6 Å². The van der Waals surface area contributed by atoms with Gasteiger partial charge in [0.2, 0.25) is 0 Å². The smallest absolute Gasteiger partial charge is 0.395 e. The molecule has 2 N–H and O–H groups in total. The van der Waals surface area contributed by atoms with Crippen molar-refractivity contribution in [1.29, 1.82) is 0 Å². The molecule has 0 bridgehead atoms. The van der Waals surface area contributed by atoms with Crippen molar-refractivity contribution in [2.24, 2.45) is 0 Å². The summed E-state index contributed by atoms with van der Waals surface area (Å²) in [5.74, 6) is 0.241. The predicted molar refractivity (Wildman–Crippen MR) is 120 cm³/mol. The summed E-state index contributed by atoms with van der Waals surface area (Å²) >= 11 is 0. The van der Waals surface area contributed by atoms with Crippen LogP contribution in [0.1, 0.15) is 22.3 Å². The molecule has 0 aliphatic carbocycles. The third kappa shape index (κ3) is 6.15. The van der Waals surface area contributed by atoms with Gasteiger partial charge < -0.3 is 18.1 Å². The Morgan fingerprint density at radius 1 is 0.594 bits per heavy atom. The molecule has 0 spiro atoms. The normalized spacial score (nSPS) is 14.7. The summed E-state index contributed by atoms with van der Waals surface area (Å²) in [5.41, 5.74) is 3.18. The van der Waals surface area contributed by atoms with E-state index in [0.717, 1.165) is 11.1 Å². The minimum Gasteiger partial charge on any atom is -0.395 e. The summed E-state index contributed by atoms with van der Waals surface area (Å²) in [6, 6.07) is 15.6. The van der Waals surface area contributed by atoms with Crippen LogP contribution in [0.3, 0.4) is 0 Å². The van der Waals surface area contributed by atoms with E-state index in [0.29, 0.717) is 11.1 Å². The van der Waals surface area contributed by atoms with Gasteiger partial charge in [0.05, 0.1) is 0 Å². The zero-order chi connectivity index (χ0) is 23.5. The van der Waals surface area contributed by atoms with Gasteiger partial charge in [0.1, 0.15) is 23.0 Å². The van der Waals surface area contributed by atoms with Crippen LogP contribution in [0.2, 0.25) is 0 Å². The number of phosphoric ester groups is 2. The maximum absolute atomic E-state index is 12.5.